The molecule has 0 aromatic rings. The standard InChI is InChI=1S/C16H30O2.2C4H9.Sn/c1-4-5-6-7-8-9-10-11-12-13-14-18-16(17)15(2)3;2*1-3-4-2;/h2,4-14H2,1,3H3;2*1,3-4H2,2H3;. The van der Waals surface area contributed by atoms with Gasteiger partial charge in [-0.05, 0) is 13.3 Å². The van der Waals surface area contributed by atoms with Crippen molar-refractivity contribution in [3.8, 4) is 0 Å². The summed E-state index contributed by atoms with van der Waals surface area (Å²) >= 11 is 0.149. The molecule has 0 fully saturated rings. The van der Waals surface area contributed by atoms with Crippen LogP contribution in [-0.4, -0.2) is 33.7 Å². The third kappa shape index (κ3) is 28.3. The van der Waals surface area contributed by atoms with E-state index in [0.29, 0.717) is 12.2 Å². The average Bonchev–Trinajstić information content (AvgIpc) is 2.66. The van der Waals surface area contributed by atoms with Gasteiger partial charge in [0, 0.05) is 5.57 Å². The summed E-state index contributed by atoms with van der Waals surface area (Å²) in [5.74, 6) is -0.258. The van der Waals surface area contributed by atoms with Crippen LogP contribution in [0.4, 0.5) is 0 Å². The Labute approximate surface area is 181 Å². The molecule has 160 valence electrons. The monoisotopic (exact) mass is 488 g/mol. The molecule has 0 aromatic carbocycles. The zero-order valence-electron chi connectivity index (χ0n) is 19.0. The normalized spacial score (nSPS) is 10.2. The number of hydrogen-bond donors (Lipinski definition) is 0. The van der Waals surface area contributed by atoms with E-state index < -0.39 is 0 Å². The quantitative estimate of drug-likeness (QED) is 0.0844. The van der Waals surface area contributed by atoms with Crippen LogP contribution in [0.15, 0.2) is 12.2 Å². The van der Waals surface area contributed by atoms with Gasteiger partial charge in [-0.2, -0.15) is 0 Å². The molecule has 0 rings (SSSR count). The predicted octanol–water partition coefficient (Wildman–Crippen LogP) is 8.15. The maximum atomic E-state index is 11.1. The van der Waals surface area contributed by atoms with Crippen molar-refractivity contribution in [3.63, 3.8) is 0 Å². The van der Waals surface area contributed by atoms with Gasteiger partial charge >= 0.3 is 75.5 Å². The van der Waals surface area contributed by atoms with Crippen molar-refractivity contribution in [1.82, 2.24) is 0 Å². The minimum absolute atomic E-state index is 0.149. The van der Waals surface area contributed by atoms with E-state index in [4.69, 9.17) is 4.74 Å². The molecule has 0 saturated heterocycles. The van der Waals surface area contributed by atoms with Crippen LogP contribution in [0.5, 0.6) is 0 Å². The third-order valence-electron chi connectivity index (χ3n) is 4.49. The van der Waals surface area contributed by atoms with Crippen molar-refractivity contribution in [3.05, 3.63) is 12.2 Å². The molecule has 27 heavy (non-hydrogen) atoms. The van der Waals surface area contributed by atoms with Gasteiger partial charge in [-0.15, -0.1) is 0 Å². The third-order valence-corrected chi connectivity index (χ3v) is 8.53. The fraction of sp³-hybridized carbons (Fsp3) is 0.875. The number of unbranched alkanes of at least 4 members (excludes halogenated alkanes) is 11. The summed E-state index contributed by atoms with van der Waals surface area (Å²) in [5, 5.41) is 0. The van der Waals surface area contributed by atoms with Gasteiger partial charge in [0.2, 0.25) is 0 Å². The first-order valence-corrected chi connectivity index (χ1v) is 15.7. The number of carbonyl (C=O) groups excluding carboxylic acids is 1. The first-order valence-electron chi connectivity index (χ1n) is 11.6. The van der Waals surface area contributed by atoms with Crippen LogP contribution in [0.25, 0.3) is 0 Å². The van der Waals surface area contributed by atoms with Crippen molar-refractivity contribution >= 4 is 27.1 Å². The summed E-state index contributed by atoms with van der Waals surface area (Å²) in [6, 6.07) is 0. The summed E-state index contributed by atoms with van der Waals surface area (Å²) in [5.41, 5.74) is 0.488. The second kappa shape index (κ2) is 26.0. The molecule has 0 bridgehead atoms. The molecule has 0 amide bonds. The Bertz CT molecular complexity index is 310. The van der Waals surface area contributed by atoms with Crippen LogP contribution in [0, 0.1) is 0 Å². The van der Waals surface area contributed by atoms with Gasteiger partial charge in [-0.3, -0.25) is 0 Å². The van der Waals surface area contributed by atoms with Crippen LogP contribution < -0.4 is 0 Å². The molecule has 0 atom stereocenters. The molecule has 3 heteroatoms. The molecule has 0 aromatic heterocycles. The Morgan fingerprint density at radius 3 is 1.52 bits per heavy atom. The van der Waals surface area contributed by atoms with Crippen molar-refractivity contribution in [2.75, 3.05) is 6.61 Å². The van der Waals surface area contributed by atoms with Gasteiger partial charge in [0.05, 0.1) is 6.61 Å². The molecule has 0 spiro atoms. The molecule has 2 nitrogen and oxygen atoms in total. The number of hydrogen-bond acceptors (Lipinski definition) is 2. The van der Waals surface area contributed by atoms with E-state index in [1.54, 1.807) is 15.8 Å². The van der Waals surface area contributed by atoms with E-state index >= 15 is 0 Å². The van der Waals surface area contributed by atoms with Gasteiger partial charge < -0.3 is 4.74 Å². The van der Waals surface area contributed by atoms with Gasteiger partial charge in [-0.25, -0.2) is 4.79 Å². The maximum absolute atomic E-state index is 11.1. The molecule has 0 unspecified atom stereocenters. The summed E-state index contributed by atoms with van der Waals surface area (Å²) in [6.45, 7) is 12.6. The fourth-order valence-corrected chi connectivity index (χ4v) is 6.76. The van der Waals surface area contributed by atoms with Gasteiger partial charge in [0.1, 0.15) is 0 Å². The summed E-state index contributed by atoms with van der Waals surface area (Å²) < 4.78 is 8.29. The number of ether oxygens (including phenoxy) is 1. The van der Waals surface area contributed by atoms with Gasteiger partial charge in [-0.1, -0.05) is 71.3 Å². The van der Waals surface area contributed by atoms with Gasteiger partial charge in [0.15, 0.2) is 0 Å². The van der Waals surface area contributed by atoms with Crippen LogP contribution >= 0.6 is 0 Å². The Morgan fingerprint density at radius 1 is 0.704 bits per heavy atom. The number of esters is 1. The Kier molecular flexibility index (Phi) is 28.1. The zero-order valence-corrected chi connectivity index (χ0v) is 21.9. The van der Waals surface area contributed by atoms with Crippen LogP contribution in [-0.2, 0) is 9.53 Å². The van der Waals surface area contributed by atoms with Crippen LogP contribution in [0.3, 0.4) is 0 Å². The van der Waals surface area contributed by atoms with E-state index in [9.17, 15) is 4.79 Å². The Hall–Kier alpha value is 0.00870. The molecule has 0 N–H and O–H groups in total. The van der Waals surface area contributed by atoms with Crippen LogP contribution in [0.2, 0.25) is 8.87 Å². The fourth-order valence-electron chi connectivity index (χ4n) is 2.61. The molecule has 0 aliphatic heterocycles. The van der Waals surface area contributed by atoms with Crippen LogP contribution in [0.1, 0.15) is 118 Å². The van der Waals surface area contributed by atoms with E-state index in [1.807, 2.05) is 0 Å². The SMILES string of the molecule is C=C(C)C(=O)OCCCCCCCCCCCC.CCC[CH2][Sn][CH2]CCC. The summed E-state index contributed by atoms with van der Waals surface area (Å²) in [7, 11) is 0. The second-order valence-corrected chi connectivity index (χ2v) is 11.8. The van der Waals surface area contributed by atoms with E-state index in [-0.39, 0.29) is 27.1 Å². The Morgan fingerprint density at radius 2 is 1.11 bits per heavy atom. The van der Waals surface area contributed by atoms with Gasteiger partial charge in [0.25, 0.3) is 0 Å². The second-order valence-electron chi connectivity index (χ2n) is 7.56. The topological polar surface area (TPSA) is 26.3 Å². The molecular weight excluding hydrogens is 439 g/mol. The van der Waals surface area contributed by atoms with E-state index in [2.05, 4.69) is 27.4 Å². The first-order chi connectivity index (χ1) is 13.1. The molecule has 0 heterocycles. The Balaban J connectivity index is 0. The minimum atomic E-state index is -0.258. The van der Waals surface area contributed by atoms with E-state index in [1.165, 1.54) is 83.5 Å². The van der Waals surface area contributed by atoms with Crippen molar-refractivity contribution in [2.45, 2.75) is 126 Å². The molecular formula is C24H48O2Sn. The number of carbonyl (C=O) groups is 1. The number of rotatable bonds is 18. The summed E-state index contributed by atoms with van der Waals surface area (Å²) in [4.78, 5) is 11.1. The van der Waals surface area contributed by atoms with Crippen molar-refractivity contribution < 1.29 is 9.53 Å². The van der Waals surface area contributed by atoms with Crippen molar-refractivity contribution in [1.29, 1.82) is 0 Å². The van der Waals surface area contributed by atoms with Crippen molar-refractivity contribution in [2.24, 2.45) is 0 Å². The predicted molar refractivity (Wildman–Crippen MR) is 123 cm³/mol. The summed E-state index contributed by atoms with van der Waals surface area (Å²) in [6.07, 6.45) is 18.8. The first kappa shape index (κ1) is 29.2. The molecule has 0 aliphatic rings. The van der Waals surface area contributed by atoms with E-state index in [0.717, 1.165) is 6.42 Å². The zero-order chi connectivity index (χ0) is 20.6. The molecule has 2 radical (unpaired) electrons. The molecule has 0 aliphatic carbocycles. The average molecular weight is 487 g/mol. The molecule has 0 saturated carbocycles.